The fourth-order valence-corrected chi connectivity index (χ4v) is 2.68. The highest BCUT2D eigenvalue weighted by atomic mass is 35.5. The van der Waals surface area contributed by atoms with Crippen LogP contribution in [-0.4, -0.2) is 42.6 Å². The van der Waals surface area contributed by atoms with Gasteiger partial charge in [-0.1, -0.05) is 29.8 Å². The largest absolute Gasteiger partial charge is 0.367 e. The van der Waals surface area contributed by atoms with Gasteiger partial charge in [-0.15, -0.1) is 0 Å². The summed E-state index contributed by atoms with van der Waals surface area (Å²) < 4.78 is 5.49. The van der Waals surface area contributed by atoms with Crippen molar-refractivity contribution >= 4 is 17.5 Å². The number of nitrogens with zero attached hydrogens (tertiary/aromatic N) is 1. The van der Waals surface area contributed by atoms with Crippen molar-refractivity contribution in [3.05, 3.63) is 34.9 Å². The van der Waals surface area contributed by atoms with E-state index in [0.29, 0.717) is 23.7 Å². The summed E-state index contributed by atoms with van der Waals surface area (Å²) in [6.07, 6.45) is 0. The van der Waals surface area contributed by atoms with Gasteiger partial charge >= 0.3 is 0 Å². The monoisotopic (exact) mass is 296 g/mol. The van der Waals surface area contributed by atoms with Crippen molar-refractivity contribution in [2.75, 3.05) is 19.7 Å². The van der Waals surface area contributed by atoms with E-state index in [1.807, 2.05) is 29.2 Å². The maximum atomic E-state index is 12.1. The zero-order chi connectivity index (χ0) is 14.5. The molecule has 0 bridgehead atoms. The number of hydrogen-bond donors (Lipinski definition) is 1. The molecule has 0 saturated carbocycles. The summed E-state index contributed by atoms with van der Waals surface area (Å²) in [5.74, 6) is 0.0391. The number of amides is 1. The Morgan fingerprint density at radius 2 is 2.00 bits per heavy atom. The lowest BCUT2D eigenvalue weighted by Gasteiger charge is -2.36. The SMILES string of the molecule is C[C@@H]1CN(C(=O)COCc2ccccc2Cl)C[C@H](C)N1. The second kappa shape index (κ2) is 7.07. The molecule has 1 aromatic carbocycles. The van der Waals surface area contributed by atoms with E-state index in [1.54, 1.807) is 0 Å². The van der Waals surface area contributed by atoms with Crippen LogP contribution in [0, 0.1) is 0 Å². The van der Waals surface area contributed by atoms with E-state index in [0.717, 1.165) is 18.7 Å². The predicted molar refractivity (Wildman–Crippen MR) is 79.7 cm³/mol. The van der Waals surface area contributed by atoms with Crippen molar-refractivity contribution in [3.63, 3.8) is 0 Å². The van der Waals surface area contributed by atoms with Gasteiger partial charge in [0.05, 0.1) is 6.61 Å². The van der Waals surface area contributed by atoms with E-state index in [-0.39, 0.29) is 12.5 Å². The van der Waals surface area contributed by atoms with Crippen LogP contribution in [0.4, 0.5) is 0 Å². The number of carbonyl (C=O) groups excluding carboxylic acids is 1. The number of nitrogens with one attached hydrogen (secondary N) is 1. The van der Waals surface area contributed by atoms with Gasteiger partial charge in [0.25, 0.3) is 0 Å². The number of hydrogen-bond acceptors (Lipinski definition) is 3. The topological polar surface area (TPSA) is 41.6 Å². The van der Waals surface area contributed by atoms with Crippen molar-refractivity contribution < 1.29 is 9.53 Å². The molecule has 2 rings (SSSR count). The molecule has 0 unspecified atom stereocenters. The first-order valence-corrected chi connectivity index (χ1v) is 7.29. The first-order chi connectivity index (χ1) is 9.56. The van der Waals surface area contributed by atoms with Gasteiger partial charge in [-0.05, 0) is 25.5 Å². The van der Waals surface area contributed by atoms with E-state index >= 15 is 0 Å². The predicted octanol–water partition coefficient (Wildman–Crippen LogP) is 2.07. The molecule has 1 saturated heterocycles. The molecule has 0 radical (unpaired) electrons. The van der Waals surface area contributed by atoms with Crippen molar-refractivity contribution in [2.45, 2.75) is 32.5 Å². The number of piperazine rings is 1. The summed E-state index contributed by atoms with van der Waals surface area (Å²) in [5, 5.41) is 4.07. The molecule has 1 heterocycles. The van der Waals surface area contributed by atoms with Crippen LogP contribution in [0.3, 0.4) is 0 Å². The molecule has 110 valence electrons. The van der Waals surface area contributed by atoms with Crippen LogP contribution < -0.4 is 5.32 Å². The Morgan fingerprint density at radius 1 is 1.35 bits per heavy atom. The molecule has 1 aliphatic rings. The van der Waals surface area contributed by atoms with Crippen LogP contribution >= 0.6 is 11.6 Å². The van der Waals surface area contributed by atoms with Gasteiger partial charge in [-0.2, -0.15) is 0 Å². The molecule has 1 fully saturated rings. The lowest BCUT2D eigenvalue weighted by atomic mass is 10.1. The Labute approximate surface area is 125 Å². The normalized spacial score (nSPS) is 22.9. The minimum Gasteiger partial charge on any atom is -0.367 e. The highest BCUT2D eigenvalue weighted by Gasteiger charge is 2.24. The summed E-state index contributed by atoms with van der Waals surface area (Å²) in [6.45, 7) is 6.10. The summed E-state index contributed by atoms with van der Waals surface area (Å²) in [6, 6.07) is 8.16. The van der Waals surface area contributed by atoms with E-state index in [9.17, 15) is 4.79 Å². The van der Waals surface area contributed by atoms with Gasteiger partial charge in [-0.3, -0.25) is 4.79 Å². The van der Waals surface area contributed by atoms with Crippen LogP contribution in [0.1, 0.15) is 19.4 Å². The lowest BCUT2D eigenvalue weighted by molar-refractivity contribution is -0.138. The molecular weight excluding hydrogens is 276 g/mol. The summed E-state index contributed by atoms with van der Waals surface area (Å²) >= 11 is 6.04. The number of rotatable bonds is 4. The fourth-order valence-electron chi connectivity index (χ4n) is 2.49. The van der Waals surface area contributed by atoms with Gasteiger partial charge in [0.2, 0.25) is 5.91 Å². The third-order valence-corrected chi connectivity index (χ3v) is 3.72. The first-order valence-electron chi connectivity index (χ1n) is 6.91. The van der Waals surface area contributed by atoms with Gasteiger partial charge in [0, 0.05) is 30.2 Å². The maximum absolute atomic E-state index is 12.1. The summed E-state index contributed by atoms with van der Waals surface area (Å²) in [4.78, 5) is 14.0. The molecule has 5 heteroatoms. The average Bonchev–Trinajstić information content (AvgIpc) is 2.39. The standard InChI is InChI=1S/C15H21ClN2O2/c1-11-7-18(8-12(2)17-11)15(19)10-20-9-13-5-3-4-6-14(13)16/h3-6,11-12,17H,7-10H2,1-2H3/t11-,12+. The molecule has 0 aliphatic carbocycles. The molecule has 1 aliphatic heterocycles. The van der Waals surface area contributed by atoms with Gasteiger partial charge in [0.15, 0.2) is 0 Å². The zero-order valence-corrected chi connectivity index (χ0v) is 12.7. The molecule has 1 N–H and O–H groups in total. The quantitative estimate of drug-likeness (QED) is 0.925. The molecular formula is C15H21ClN2O2. The minimum absolute atomic E-state index is 0.0391. The molecule has 0 spiro atoms. The van der Waals surface area contributed by atoms with Crippen molar-refractivity contribution in [1.29, 1.82) is 0 Å². The van der Waals surface area contributed by atoms with Gasteiger partial charge in [0.1, 0.15) is 6.61 Å². The van der Waals surface area contributed by atoms with Crippen molar-refractivity contribution in [3.8, 4) is 0 Å². The lowest BCUT2D eigenvalue weighted by Crippen LogP contribution is -2.56. The smallest absolute Gasteiger partial charge is 0.248 e. The fraction of sp³-hybridized carbons (Fsp3) is 0.533. The van der Waals surface area contributed by atoms with E-state index in [4.69, 9.17) is 16.3 Å². The van der Waals surface area contributed by atoms with Crippen molar-refractivity contribution in [2.24, 2.45) is 0 Å². The number of carbonyl (C=O) groups is 1. The van der Waals surface area contributed by atoms with E-state index in [2.05, 4.69) is 19.2 Å². The maximum Gasteiger partial charge on any atom is 0.248 e. The van der Waals surface area contributed by atoms with Crippen LogP contribution in [0.25, 0.3) is 0 Å². The third kappa shape index (κ3) is 4.20. The molecule has 0 aromatic heterocycles. The Hall–Kier alpha value is -1.10. The number of halogens is 1. The third-order valence-electron chi connectivity index (χ3n) is 3.35. The van der Waals surface area contributed by atoms with Crippen LogP contribution in [0.5, 0.6) is 0 Å². The highest BCUT2D eigenvalue weighted by molar-refractivity contribution is 6.31. The van der Waals surface area contributed by atoms with Gasteiger partial charge in [-0.25, -0.2) is 0 Å². The Balaban J connectivity index is 1.79. The highest BCUT2D eigenvalue weighted by Crippen LogP contribution is 2.15. The van der Waals surface area contributed by atoms with Crippen molar-refractivity contribution in [1.82, 2.24) is 10.2 Å². The second-order valence-electron chi connectivity index (χ2n) is 5.35. The van der Waals surface area contributed by atoms with E-state index < -0.39 is 0 Å². The van der Waals surface area contributed by atoms with Gasteiger partial charge < -0.3 is 15.0 Å². The number of ether oxygens (including phenoxy) is 1. The second-order valence-corrected chi connectivity index (χ2v) is 5.76. The van der Waals surface area contributed by atoms with Crippen LogP contribution in [0.2, 0.25) is 5.02 Å². The first kappa shape index (κ1) is 15.3. The Morgan fingerprint density at radius 3 is 2.65 bits per heavy atom. The Kier molecular flexibility index (Phi) is 5.40. The summed E-state index contributed by atoms with van der Waals surface area (Å²) in [5.41, 5.74) is 0.906. The van der Waals surface area contributed by atoms with Crippen LogP contribution in [0.15, 0.2) is 24.3 Å². The molecule has 1 amide bonds. The molecule has 4 nitrogen and oxygen atoms in total. The molecule has 1 aromatic rings. The summed E-state index contributed by atoms with van der Waals surface area (Å²) in [7, 11) is 0. The molecule has 20 heavy (non-hydrogen) atoms. The van der Waals surface area contributed by atoms with E-state index in [1.165, 1.54) is 0 Å². The average molecular weight is 297 g/mol. The van der Waals surface area contributed by atoms with Crippen LogP contribution in [-0.2, 0) is 16.1 Å². The zero-order valence-electron chi connectivity index (χ0n) is 11.9. The molecule has 2 atom stereocenters. The Bertz CT molecular complexity index is 457. The minimum atomic E-state index is 0.0391. The number of benzene rings is 1.